The fourth-order valence-corrected chi connectivity index (χ4v) is 3.08. The lowest BCUT2D eigenvalue weighted by Crippen LogP contribution is -2.38. The molecule has 1 heterocycles. The lowest BCUT2D eigenvalue weighted by Gasteiger charge is -2.38. The van der Waals surface area contributed by atoms with E-state index in [2.05, 4.69) is 31.0 Å². The van der Waals surface area contributed by atoms with E-state index in [-0.39, 0.29) is 0 Å². The number of hydrogen-bond donors (Lipinski definition) is 1. The minimum atomic E-state index is 0.514. The SMILES string of the molecule is CC(C)(C)C1CCN(CCCCNC2CC2)CC1. The van der Waals surface area contributed by atoms with Crippen LogP contribution in [0.2, 0.25) is 0 Å². The lowest BCUT2D eigenvalue weighted by molar-refractivity contribution is 0.111. The van der Waals surface area contributed by atoms with Gasteiger partial charge < -0.3 is 10.2 Å². The molecule has 2 heteroatoms. The quantitative estimate of drug-likeness (QED) is 0.730. The highest BCUT2D eigenvalue weighted by Gasteiger charge is 2.28. The van der Waals surface area contributed by atoms with Crippen molar-refractivity contribution in [3.63, 3.8) is 0 Å². The molecule has 0 unspecified atom stereocenters. The molecule has 2 rings (SSSR count). The molecule has 0 aromatic carbocycles. The van der Waals surface area contributed by atoms with E-state index >= 15 is 0 Å². The molecule has 0 amide bonds. The van der Waals surface area contributed by atoms with Gasteiger partial charge in [0, 0.05) is 6.04 Å². The van der Waals surface area contributed by atoms with Crippen molar-refractivity contribution in [2.45, 2.75) is 65.3 Å². The zero-order chi connectivity index (χ0) is 13.0. The summed E-state index contributed by atoms with van der Waals surface area (Å²) in [6.07, 6.45) is 8.38. The highest BCUT2D eigenvalue weighted by atomic mass is 15.1. The Morgan fingerprint density at radius 1 is 1.00 bits per heavy atom. The van der Waals surface area contributed by atoms with Gasteiger partial charge >= 0.3 is 0 Å². The van der Waals surface area contributed by atoms with E-state index in [1.165, 1.54) is 64.7 Å². The number of likely N-dealkylation sites (tertiary alicyclic amines) is 1. The molecule has 1 saturated carbocycles. The molecule has 0 atom stereocenters. The maximum absolute atomic E-state index is 3.60. The highest BCUT2D eigenvalue weighted by molar-refractivity contribution is 4.81. The molecule has 1 N–H and O–H groups in total. The van der Waals surface area contributed by atoms with Crippen LogP contribution in [-0.2, 0) is 0 Å². The van der Waals surface area contributed by atoms with Crippen molar-refractivity contribution in [1.29, 1.82) is 0 Å². The summed E-state index contributed by atoms with van der Waals surface area (Å²) < 4.78 is 0. The second kappa shape index (κ2) is 6.38. The second-order valence-corrected chi connectivity index (χ2v) is 7.42. The Labute approximate surface area is 114 Å². The summed E-state index contributed by atoms with van der Waals surface area (Å²) in [5.41, 5.74) is 0.514. The third kappa shape index (κ3) is 4.89. The first kappa shape index (κ1) is 14.3. The number of nitrogens with one attached hydrogen (secondary N) is 1. The van der Waals surface area contributed by atoms with E-state index < -0.39 is 0 Å². The van der Waals surface area contributed by atoms with Gasteiger partial charge in [-0.15, -0.1) is 0 Å². The van der Waals surface area contributed by atoms with Crippen LogP contribution in [0.4, 0.5) is 0 Å². The molecular formula is C16H32N2. The van der Waals surface area contributed by atoms with Gasteiger partial charge in [0.1, 0.15) is 0 Å². The van der Waals surface area contributed by atoms with E-state index in [9.17, 15) is 0 Å². The van der Waals surface area contributed by atoms with Crippen molar-refractivity contribution < 1.29 is 0 Å². The van der Waals surface area contributed by atoms with Crippen LogP contribution in [0.15, 0.2) is 0 Å². The van der Waals surface area contributed by atoms with Crippen LogP contribution in [0.25, 0.3) is 0 Å². The Kier molecular flexibility index (Phi) is 5.08. The number of hydrogen-bond acceptors (Lipinski definition) is 2. The van der Waals surface area contributed by atoms with Gasteiger partial charge in [-0.25, -0.2) is 0 Å². The van der Waals surface area contributed by atoms with Crippen LogP contribution in [0.1, 0.15) is 59.3 Å². The summed E-state index contributed by atoms with van der Waals surface area (Å²) in [4.78, 5) is 2.68. The summed E-state index contributed by atoms with van der Waals surface area (Å²) >= 11 is 0. The van der Waals surface area contributed by atoms with Crippen molar-refractivity contribution in [3.8, 4) is 0 Å². The van der Waals surface area contributed by atoms with Gasteiger partial charge in [0.2, 0.25) is 0 Å². The number of nitrogens with zero attached hydrogens (tertiary/aromatic N) is 1. The average molecular weight is 252 g/mol. The van der Waals surface area contributed by atoms with E-state index in [1.54, 1.807) is 0 Å². The molecule has 2 fully saturated rings. The molecule has 2 aliphatic rings. The predicted molar refractivity (Wildman–Crippen MR) is 78.9 cm³/mol. The zero-order valence-corrected chi connectivity index (χ0v) is 12.7. The van der Waals surface area contributed by atoms with Crippen LogP contribution in [-0.4, -0.2) is 37.1 Å². The molecule has 106 valence electrons. The van der Waals surface area contributed by atoms with Gasteiger partial charge in [-0.05, 0) is 76.0 Å². The first-order valence-electron chi connectivity index (χ1n) is 8.01. The summed E-state index contributed by atoms with van der Waals surface area (Å²) in [5.74, 6) is 0.935. The highest BCUT2D eigenvalue weighted by Crippen LogP contribution is 2.34. The molecule has 1 aliphatic heterocycles. The van der Waals surface area contributed by atoms with E-state index in [4.69, 9.17) is 0 Å². The van der Waals surface area contributed by atoms with E-state index in [0.29, 0.717) is 5.41 Å². The van der Waals surface area contributed by atoms with Gasteiger partial charge in [0.25, 0.3) is 0 Å². The van der Waals surface area contributed by atoms with Crippen molar-refractivity contribution >= 4 is 0 Å². The molecule has 18 heavy (non-hydrogen) atoms. The van der Waals surface area contributed by atoms with Crippen LogP contribution >= 0.6 is 0 Å². The van der Waals surface area contributed by atoms with Crippen molar-refractivity contribution in [1.82, 2.24) is 10.2 Å². The largest absolute Gasteiger partial charge is 0.314 e. The van der Waals surface area contributed by atoms with Crippen LogP contribution in [0.3, 0.4) is 0 Å². The first-order chi connectivity index (χ1) is 8.55. The Bertz CT molecular complexity index is 232. The maximum Gasteiger partial charge on any atom is 0.00682 e. The predicted octanol–water partition coefficient (Wildman–Crippen LogP) is 3.28. The molecule has 0 spiro atoms. The molecule has 0 aromatic heterocycles. The lowest BCUT2D eigenvalue weighted by atomic mass is 9.75. The second-order valence-electron chi connectivity index (χ2n) is 7.42. The van der Waals surface area contributed by atoms with Crippen LogP contribution in [0, 0.1) is 11.3 Å². The third-order valence-electron chi connectivity index (χ3n) is 4.72. The smallest absolute Gasteiger partial charge is 0.00682 e. The van der Waals surface area contributed by atoms with E-state index in [1.807, 2.05) is 0 Å². The summed E-state index contributed by atoms with van der Waals surface area (Å²) in [7, 11) is 0. The molecule has 0 bridgehead atoms. The van der Waals surface area contributed by atoms with Gasteiger partial charge in [-0.3, -0.25) is 0 Å². The first-order valence-corrected chi connectivity index (χ1v) is 8.01. The molecular weight excluding hydrogens is 220 g/mol. The van der Waals surface area contributed by atoms with Gasteiger partial charge in [-0.1, -0.05) is 20.8 Å². The molecule has 2 nitrogen and oxygen atoms in total. The zero-order valence-electron chi connectivity index (χ0n) is 12.7. The van der Waals surface area contributed by atoms with E-state index in [0.717, 1.165) is 12.0 Å². The normalized spacial score (nSPS) is 23.5. The standard InChI is InChI=1S/C16H32N2/c1-16(2,3)14-8-12-18(13-9-14)11-5-4-10-17-15-6-7-15/h14-15,17H,4-13H2,1-3H3. The van der Waals surface area contributed by atoms with Crippen molar-refractivity contribution in [2.24, 2.45) is 11.3 Å². The Morgan fingerprint density at radius 2 is 1.67 bits per heavy atom. The monoisotopic (exact) mass is 252 g/mol. The van der Waals surface area contributed by atoms with Gasteiger partial charge in [-0.2, -0.15) is 0 Å². The number of rotatable bonds is 6. The number of piperidine rings is 1. The Morgan fingerprint density at radius 3 is 2.22 bits per heavy atom. The number of unbranched alkanes of at least 4 members (excludes halogenated alkanes) is 1. The van der Waals surface area contributed by atoms with Crippen LogP contribution in [0.5, 0.6) is 0 Å². The summed E-state index contributed by atoms with van der Waals surface area (Å²) in [6, 6.07) is 0.882. The Hall–Kier alpha value is -0.0800. The van der Waals surface area contributed by atoms with Gasteiger partial charge in [0.15, 0.2) is 0 Å². The molecule has 1 saturated heterocycles. The van der Waals surface area contributed by atoms with Crippen molar-refractivity contribution in [2.75, 3.05) is 26.2 Å². The van der Waals surface area contributed by atoms with Crippen molar-refractivity contribution in [3.05, 3.63) is 0 Å². The molecule has 0 aromatic rings. The average Bonchev–Trinajstić information content (AvgIpc) is 3.12. The minimum absolute atomic E-state index is 0.514. The fourth-order valence-electron chi connectivity index (χ4n) is 3.08. The fraction of sp³-hybridized carbons (Fsp3) is 1.00. The minimum Gasteiger partial charge on any atom is -0.314 e. The Balaban J connectivity index is 1.50. The molecule has 1 aliphatic carbocycles. The third-order valence-corrected chi connectivity index (χ3v) is 4.72. The maximum atomic E-state index is 3.60. The summed E-state index contributed by atoms with van der Waals surface area (Å²) in [6.45, 7) is 12.4. The topological polar surface area (TPSA) is 15.3 Å². The van der Waals surface area contributed by atoms with Crippen LogP contribution < -0.4 is 5.32 Å². The van der Waals surface area contributed by atoms with Gasteiger partial charge in [0.05, 0.1) is 0 Å². The molecule has 0 radical (unpaired) electrons. The summed E-state index contributed by atoms with van der Waals surface area (Å²) in [5, 5.41) is 3.60.